The topological polar surface area (TPSA) is 64.6 Å². The molecule has 0 saturated heterocycles. The molecule has 0 unspecified atom stereocenters. The van der Waals surface area contributed by atoms with E-state index in [-0.39, 0.29) is 20.8 Å². The van der Waals surface area contributed by atoms with Crippen molar-refractivity contribution in [1.29, 1.82) is 0 Å². The zero-order valence-electron chi connectivity index (χ0n) is 11.8. The van der Waals surface area contributed by atoms with Crippen LogP contribution >= 0.6 is 15.9 Å². The minimum atomic E-state index is -4.00. The number of rotatable bonds is 5. The highest BCUT2D eigenvalue weighted by Gasteiger charge is 2.22. The minimum Gasteiger partial charge on any atom is -0.493 e. The Morgan fingerprint density at radius 1 is 1.09 bits per heavy atom. The van der Waals surface area contributed by atoms with Crippen LogP contribution in [0.15, 0.2) is 45.8 Å². The van der Waals surface area contributed by atoms with Crippen LogP contribution in [0, 0.1) is 5.82 Å². The van der Waals surface area contributed by atoms with Gasteiger partial charge in [-0.1, -0.05) is 12.1 Å². The van der Waals surface area contributed by atoms with Crippen LogP contribution in [0.5, 0.6) is 11.5 Å². The number of para-hydroxylation sites is 1. The van der Waals surface area contributed by atoms with Crippen LogP contribution in [0.4, 0.5) is 10.1 Å². The summed E-state index contributed by atoms with van der Waals surface area (Å²) in [4.78, 5) is -0.0894. The molecule has 8 heteroatoms. The maximum Gasteiger partial charge on any atom is 0.263 e. The Kier molecular flexibility index (Phi) is 4.92. The summed E-state index contributed by atoms with van der Waals surface area (Å²) in [6, 6.07) is 8.27. The van der Waals surface area contributed by atoms with Gasteiger partial charge in [0, 0.05) is 10.5 Å². The van der Waals surface area contributed by atoms with Gasteiger partial charge in [0.15, 0.2) is 11.5 Å². The summed E-state index contributed by atoms with van der Waals surface area (Å²) in [6.45, 7) is 0. The van der Waals surface area contributed by atoms with Gasteiger partial charge in [0.25, 0.3) is 10.0 Å². The standard InChI is InChI=1S/C14H13BrFNO4S/c1-20-12-7-9(15)14(8-13(12)21-2)22(18,19)17-11-6-4-3-5-10(11)16/h3-8,17H,1-2H3. The molecule has 0 amide bonds. The van der Waals surface area contributed by atoms with Gasteiger partial charge in [0.05, 0.1) is 19.9 Å². The lowest BCUT2D eigenvalue weighted by Gasteiger charge is -2.13. The molecule has 0 heterocycles. The molecular formula is C14H13BrFNO4S. The number of anilines is 1. The first-order chi connectivity index (χ1) is 10.4. The van der Waals surface area contributed by atoms with Crippen LogP contribution in [0.1, 0.15) is 0 Å². The highest BCUT2D eigenvalue weighted by molar-refractivity contribution is 9.10. The van der Waals surface area contributed by atoms with Crippen molar-refractivity contribution in [2.24, 2.45) is 0 Å². The summed E-state index contributed by atoms with van der Waals surface area (Å²) in [7, 11) is -1.16. The Morgan fingerprint density at radius 3 is 2.27 bits per heavy atom. The van der Waals surface area contributed by atoms with Crippen LogP contribution in [0.3, 0.4) is 0 Å². The third-order valence-corrected chi connectivity index (χ3v) is 5.17. The smallest absolute Gasteiger partial charge is 0.263 e. The highest BCUT2D eigenvalue weighted by Crippen LogP contribution is 2.36. The molecule has 0 aromatic heterocycles. The average molecular weight is 390 g/mol. The number of nitrogens with one attached hydrogen (secondary N) is 1. The van der Waals surface area contributed by atoms with Gasteiger partial charge in [-0.25, -0.2) is 12.8 Å². The van der Waals surface area contributed by atoms with Gasteiger partial charge in [0.2, 0.25) is 0 Å². The van der Waals surface area contributed by atoms with Crippen molar-refractivity contribution in [3.8, 4) is 11.5 Å². The van der Waals surface area contributed by atoms with E-state index >= 15 is 0 Å². The van der Waals surface area contributed by atoms with Gasteiger partial charge >= 0.3 is 0 Å². The number of benzene rings is 2. The second-order valence-corrected chi connectivity index (χ2v) is 6.73. The van der Waals surface area contributed by atoms with Crippen LogP contribution in [0.2, 0.25) is 0 Å². The quantitative estimate of drug-likeness (QED) is 0.850. The molecule has 0 aliphatic rings. The lowest BCUT2D eigenvalue weighted by atomic mass is 10.3. The predicted octanol–water partition coefficient (Wildman–Crippen LogP) is 3.41. The molecule has 0 aliphatic heterocycles. The maximum absolute atomic E-state index is 13.6. The summed E-state index contributed by atoms with van der Waals surface area (Å²) in [5.41, 5.74) is -0.135. The van der Waals surface area contributed by atoms with E-state index in [1.807, 2.05) is 0 Å². The van der Waals surface area contributed by atoms with Crippen molar-refractivity contribution >= 4 is 31.6 Å². The van der Waals surface area contributed by atoms with E-state index in [4.69, 9.17) is 9.47 Å². The van der Waals surface area contributed by atoms with Crippen LogP contribution in [-0.2, 0) is 10.0 Å². The van der Waals surface area contributed by atoms with Gasteiger partial charge in [-0.05, 0) is 34.1 Å². The van der Waals surface area contributed by atoms with Gasteiger partial charge in [-0.2, -0.15) is 0 Å². The second-order valence-electron chi connectivity index (χ2n) is 4.22. The van der Waals surface area contributed by atoms with Crippen molar-refractivity contribution in [2.45, 2.75) is 4.90 Å². The molecule has 0 saturated carbocycles. The summed E-state index contributed by atoms with van der Waals surface area (Å²) in [5.74, 6) is -0.0403. The molecule has 0 fully saturated rings. The Balaban J connectivity index is 2.48. The Morgan fingerprint density at radius 2 is 1.68 bits per heavy atom. The van der Waals surface area contributed by atoms with Gasteiger partial charge in [-0.3, -0.25) is 4.72 Å². The lowest BCUT2D eigenvalue weighted by molar-refractivity contribution is 0.353. The van der Waals surface area contributed by atoms with Gasteiger partial charge < -0.3 is 9.47 Å². The number of sulfonamides is 1. The summed E-state index contributed by atoms with van der Waals surface area (Å²) in [6.07, 6.45) is 0. The van der Waals surface area contributed by atoms with E-state index in [0.29, 0.717) is 5.75 Å². The van der Waals surface area contributed by atoms with E-state index < -0.39 is 15.8 Å². The van der Waals surface area contributed by atoms with Crippen molar-refractivity contribution in [1.82, 2.24) is 0 Å². The van der Waals surface area contributed by atoms with Crippen LogP contribution in [0.25, 0.3) is 0 Å². The fourth-order valence-electron chi connectivity index (χ4n) is 1.79. The van der Waals surface area contributed by atoms with Crippen LogP contribution in [-0.4, -0.2) is 22.6 Å². The largest absolute Gasteiger partial charge is 0.493 e. The molecule has 22 heavy (non-hydrogen) atoms. The molecule has 1 N–H and O–H groups in total. The summed E-state index contributed by atoms with van der Waals surface area (Å²) >= 11 is 3.17. The summed E-state index contributed by atoms with van der Waals surface area (Å²) < 4.78 is 51.1. The molecular weight excluding hydrogens is 377 g/mol. The number of halogens is 2. The molecule has 0 radical (unpaired) electrons. The highest BCUT2D eigenvalue weighted by atomic mass is 79.9. The van der Waals surface area contributed by atoms with Crippen molar-refractivity contribution in [3.05, 3.63) is 46.7 Å². The minimum absolute atomic E-state index is 0.0894. The van der Waals surface area contributed by atoms with Gasteiger partial charge in [-0.15, -0.1) is 0 Å². The number of ether oxygens (including phenoxy) is 2. The van der Waals surface area contributed by atoms with E-state index in [2.05, 4.69) is 20.7 Å². The molecule has 2 aromatic carbocycles. The van der Waals surface area contributed by atoms with E-state index in [1.165, 1.54) is 50.6 Å². The molecule has 0 spiro atoms. The zero-order valence-corrected chi connectivity index (χ0v) is 14.2. The first kappa shape index (κ1) is 16.6. The monoisotopic (exact) mass is 389 g/mol. The molecule has 0 atom stereocenters. The summed E-state index contributed by atoms with van der Waals surface area (Å²) in [5, 5.41) is 0. The second kappa shape index (κ2) is 6.53. The van der Waals surface area contributed by atoms with Crippen molar-refractivity contribution in [3.63, 3.8) is 0 Å². The fraction of sp³-hybridized carbons (Fsp3) is 0.143. The number of methoxy groups -OCH3 is 2. The van der Waals surface area contributed by atoms with E-state index in [9.17, 15) is 12.8 Å². The number of hydrogen-bond acceptors (Lipinski definition) is 4. The first-order valence-electron chi connectivity index (χ1n) is 6.08. The van der Waals surface area contributed by atoms with Crippen LogP contribution < -0.4 is 14.2 Å². The lowest BCUT2D eigenvalue weighted by Crippen LogP contribution is -2.15. The SMILES string of the molecule is COc1cc(Br)c(S(=O)(=O)Nc2ccccc2F)cc1OC. The predicted molar refractivity (Wildman–Crippen MR) is 84.5 cm³/mol. The third kappa shape index (κ3) is 3.33. The Hall–Kier alpha value is -1.80. The molecule has 5 nitrogen and oxygen atoms in total. The Labute approximate surface area is 136 Å². The first-order valence-corrected chi connectivity index (χ1v) is 8.35. The van der Waals surface area contributed by atoms with Gasteiger partial charge in [0.1, 0.15) is 10.7 Å². The number of hydrogen-bond donors (Lipinski definition) is 1. The molecule has 0 bridgehead atoms. The maximum atomic E-state index is 13.6. The molecule has 0 aliphatic carbocycles. The van der Waals surface area contributed by atoms with E-state index in [0.717, 1.165) is 0 Å². The average Bonchev–Trinajstić information content (AvgIpc) is 2.48. The molecule has 2 rings (SSSR count). The van der Waals surface area contributed by atoms with Crippen molar-refractivity contribution < 1.29 is 22.3 Å². The molecule has 2 aromatic rings. The van der Waals surface area contributed by atoms with E-state index in [1.54, 1.807) is 0 Å². The Bertz CT molecular complexity index is 795. The third-order valence-electron chi connectivity index (χ3n) is 2.85. The zero-order chi connectivity index (χ0) is 16.3. The van der Waals surface area contributed by atoms with Crippen molar-refractivity contribution in [2.75, 3.05) is 18.9 Å². The normalized spacial score (nSPS) is 11.1. The fourth-order valence-corrected chi connectivity index (χ4v) is 3.89. The molecule has 118 valence electrons.